The predicted octanol–water partition coefficient (Wildman–Crippen LogP) is 6.05. The summed E-state index contributed by atoms with van der Waals surface area (Å²) in [5.74, 6) is -1.09. The van der Waals surface area contributed by atoms with Crippen molar-refractivity contribution in [1.29, 1.82) is 0 Å². The molecule has 0 aliphatic carbocycles. The highest BCUT2D eigenvalue weighted by atomic mass is 19.4. The van der Waals surface area contributed by atoms with E-state index in [0.717, 1.165) is 23.3 Å². The van der Waals surface area contributed by atoms with E-state index in [9.17, 15) is 23.1 Å². The molecule has 0 aromatic heterocycles. The number of hydrogen-bond acceptors (Lipinski definition) is 1. The lowest BCUT2D eigenvalue weighted by molar-refractivity contribution is -0.137. The Morgan fingerprint density at radius 3 is 1.65 bits per heavy atom. The lowest BCUT2D eigenvalue weighted by atomic mass is 9.95. The van der Waals surface area contributed by atoms with Gasteiger partial charge < -0.3 is 5.11 Å². The van der Waals surface area contributed by atoms with Crippen molar-refractivity contribution in [3.8, 4) is 22.3 Å². The number of aryl methyl sites for hydroxylation is 1. The van der Waals surface area contributed by atoms with Crippen molar-refractivity contribution in [1.82, 2.24) is 0 Å². The van der Waals surface area contributed by atoms with Crippen LogP contribution in [0.25, 0.3) is 22.3 Å². The van der Waals surface area contributed by atoms with Crippen molar-refractivity contribution in [3.05, 3.63) is 83.4 Å². The van der Waals surface area contributed by atoms with Crippen LogP contribution in [0.4, 0.5) is 13.2 Å². The fourth-order valence-electron chi connectivity index (χ4n) is 2.68. The van der Waals surface area contributed by atoms with Crippen LogP contribution in [0.15, 0.2) is 66.7 Å². The molecule has 26 heavy (non-hydrogen) atoms. The third-order valence-corrected chi connectivity index (χ3v) is 4.11. The van der Waals surface area contributed by atoms with Gasteiger partial charge in [-0.15, -0.1) is 0 Å². The van der Waals surface area contributed by atoms with Gasteiger partial charge in [-0.2, -0.15) is 13.2 Å². The van der Waals surface area contributed by atoms with Crippen LogP contribution in [0.2, 0.25) is 0 Å². The first-order chi connectivity index (χ1) is 12.2. The van der Waals surface area contributed by atoms with Crippen molar-refractivity contribution >= 4 is 5.97 Å². The standard InChI is InChI=1S/C21H15F3O2/c1-13-2-4-14(5-3-13)16-10-17(12-18(11-16)20(25)26)15-6-8-19(9-7-15)21(22,23)24/h2-12H,1H3,(H,25,26). The zero-order valence-corrected chi connectivity index (χ0v) is 13.8. The van der Waals surface area contributed by atoms with Crippen molar-refractivity contribution < 1.29 is 23.1 Å². The van der Waals surface area contributed by atoms with Gasteiger partial charge in [0.05, 0.1) is 11.1 Å². The van der Waals surface area contributed by atoms with E-state index in [0.29, 0.717) is 16.7 Å². The van der Waals surface area contributed by atoms with Gasteiger partial charge in [0.2, 0.25) is 0 Å². The van der Waals surface area contributed by atoms with Crippen molar-refractivity contribution in [2.45, 2.75) is 13.1 Å². The summed E-state index contributed by atoms with van der Waals surface area (Å²) in [6.45, 7) is 1.95. The quantitative estimate of drug-likeness (QED) is 0.621. The van der Waals surface area contributed by atoms with E-state index in [1.165, 1.54) is 18.2 Å². The molecule has 0 unspecified atom stereocenters. The molecule has 3 rings (SSSR count). The average Bonchev–Trinajstić information content (AvgIpc) is 2.61. The molecule has 0 aliphatic heterocycles. The molecule has 0 bridgehead atoms. The number of carboxylic acids is 1. The molecule has 1 N–H and O–H groups in total. The normalized spacial score (nSPS) is 11.4. The topological polar surface area (TPSA) is 37.3 Å². The first kappa shape index (κ1) is 17.7. The monoisotopic (exact) mass is 356 g/mol. The highest BCUT2D eigenvalue weighted by molar-refractivity contribution is 5.92. The van der Waals surface area contributed by atoms with E-state index in [4.69, 9.17) is 0 Å². The minimum atomic E-state index is -4.41. The molecule has 0 amide bonds. The summed E-state index contributed by atoms with van der Waals surface area (Å²) in [5.41, 5.74) is 3.02. The van der Waals surface area contributed by atoms with Gasteiger partial charge in [-0.05, 0) is 59.5 Å². The van der Waals surface area contributed by atoms with Crippen LogP contribution in [0.5, 0.6) is 0 Å². The molecule has 132 valence electrons. The van der Waals surface area contributed by atoms with Crippen LogP contribution >= 0.6 is 0 Å². The molecule has 0 spiro atoms. The Kier molecular flexibility index (Phi) is 4.55. The molecule has 3 aromatic rings. The number of halogens is 3. The zero-order valence-electron chi connectivity index (χ0n) is 13.8. The number of rotatable bonds is 3. The largest absolute Gasteiger partial charge is 0.478 e. The number of alkyl halides is 3. The summed E-state index contributed by atoms with van der Waals surface area (Å²) in [5, 5.41) is 9.37. The van der Waals surface area contributed by atoms with E-state index < -0.39 is 17.7 Å². The molecule has 2 nitrogen and oxygen atoms in total. The second kappa shape index (κ2) is 6.67. The lowest BCUT2D eigenvalue weighted by Gasteiger charge is -2.11. The molecule has 3 aromatic carbocycles. The first-order valence-electron chi connectivity index (χ1n) is 7.87. The van der Waals surface area contributed by atoms with Gasteiger partial charge in [0.1, 0.15) is 0 Å². The van der Waals surface area contributed by atoms with Crippen molar-refractivity contribution in [2.24, 2.45) is 0 Å². The van der Waals surface area contributed by atoms with Crippen molar-refractivity contribution in [2.75, 3.05) is 0 Å². The highest BCUT2D eigenvalue weighted by Gasteiger charge is 2.30. The summed E-state index contributed by atoms with van der Waals surface area (Å²) in [6.07, 6.45) is -4.41. The summed E-state index contributed by atoms with van der Waals surface area (Å²) >= 11 is 0. The molecule has 0 saturated heterocycles. The van der Waals surface area contributed by atoms with Gasteiger partial charge in [-0.25, -0.2) is 4.79 Å². The number of benzene rings is 3. The van der Waals surface area contributed by atoms with Crippen LogP contribution in [-0.2, 0) is 6.18 Å². The van der Waals surface area contributed by atoms with E-state index in [-0.39, 0.29) is 5.56 Å². The fraction of sp³-hybridized carbons (Fsp3) is 0.0952. The zero-order chi connectivity index (χ0) is 18.9. The maximum absolute atomic E-state index is 12.7. The van der Waals surface area contributed by atoms with E-state index in [1.807, 2.05) is 31.2 Å². The Hall–Kier alpha value is -3.08. The summed E-state index contributed by atoms with van der Waals surface area (Å²) in [4.78, 5) is 11.5. The Morgan fingerprint density at radius 1 is 0.769 bits per heavy atom. The molecule has 0 heterocycles. The second-order valence-corrected chi connectivity index (χ2v) is 6.05. The number of carbonyl (C=O) groups is 1. The van der Waals surface area contributed by atoms with E-state index in [2.05, 4.69) is 0 Å². The Balaban J connectivity index is 2.09. The van der Waals surface area contributed by atoms with Crippen LogP contribution < -0.4 is 0 Å². The third-order valence-electron chi connectivity index (χ3n) is 4.11. The van der Waals surface area contributed by atoms with Gasteiger partial charge in [0.25, 0.3) is 0 Å². The summed E-state index contributed by atoms with van der Waals surface area (Å²) < 4.78 is 38.2. The molecular formula is C21H15F3O2. The number of hydrogen-bond donors (Lipinski definition) is 1. The molecular weight excluding hydrogens is 341 g/mol. The molecule has 0 radical (unpaired) electrons. The van der Waals surface area contributed by atoms with Gasteiger partial charge >= 0.3 is 12.1 Å². The summed E-state index contributed by atoms with van der Waals surface area (Å²) in [6, 6.07) is 17.1. The first-order valence-corrected chi connectivity index (χ1v) is 7.87. The minimum Gasteiger partial charge on any atom is -0.478 e. The maximum Gasteiger partial charge on any atom is 0.416 e. The molecule has 5 heteroatoms. The average molecular weight is 356 g/mol. The third kappa shape index (κ3) is 3.77. The van der Waals surface area contributed by atoms with Gasteiger partial charge in [-0.3, -0.25) is 0 Å². The van der Waals surface area contributed by atoms with Crippen LogP contribution in [-0.4, -0.2) is 11.1 Å². The smallest absolute Gasteiger partial charge is 0.416 e. The molecule has 0 aliphatic rings. The van der Waals surface area contributed by atoms with Gasteiger partial charge in [-0.1, -0.05) is 42.0 Å². The van der Waals surface area contributed by atoms with Crippen molar-refractivity contribution in [3.63, 3.8) is 0 Å². The van der Waals surface area contributed by atoms with Crippen LogP contribution in [0.3, 0.4) is 0 Å². The van der Waals surface area contributed by atoms with E-state index >= 15 is 0 Å². The van der Waals surface area contributed by atoms with E-state index in [1.54, 1.807) is 12.1 Å². The highest BCUT2D eigenvalue weighted by Crippen LogP contribution is 2.33. The van der Waals surface area contributed by atoms with Gasteiger partial charge in [0.15, 0.2) is 0 Å². The van der Waals surface area contributed by atoms with Crippen LogP contribution in [0.1, 0.15) is 21.5 Å². The predicted molar refractivity (Wildman–Crippen MR) is 94.0 cm³/mol. The SMILES string of the molecule is Cc1ccc(-c2cc(C(=O)O)cc(-c3ccc(C(F)(F)F)cc3)c2)cc1. The number of carboxylic acid groups (broad SMARTS) is 1. The Bertz CT molecular complexity index is 940. The van der Waals surface area contributed by atoms with Crippen LogP contribution in [0, 0.1) is 6.92 Å². The summed E-state index contributed by atoms with van der Waals surface area (Å²) in [7, 11) is 0. The molecule has 0 fully saturated rings. The van der Waals surface area contributed by atoms with Gasteiger partial charge in [0, 0.05) is 0 Å². The Morgan fingerprint density at radius 2 is 1.23 bits per heavy atom. The second-order valence-electron chi connectivity index (χ2n) is 6.05. The minimum absolute atomic E-state index is 0.0815. The Labute approximate surface area is 148 Å². The maximum atomic E-state index is 12.7. The lowest BCUT2D eigenvalue weighted by Crippen LogP contribution is -2.04. The number of aromatic carboxylic acids is 1. The fourth-order valence-corrected chi connectivity index (χ4v) is 2.68. The molecule has 0 saturated carbocycles. The molecule has 0 atom stereocenters.